The van der Waals surface area contributed by atoms with Gasteiger partial charge in [-0.05, 0) is 33.1 Å². The van der Waals surface area contributed by atoms with Gasteiger partial charge in [0, 0.05) is 6.42 Å². The molecular weight excluding hydrogens is 294 g/mol. The summed E-state index contributed by atoms with van der Waals surface area (Å²) in [5.41, 5.74) is 6.58. The second-order valence-electron chi connectivity index (χ2n) is 7.59. The fourth-order valence-corrected chi connectivity index (χ4v) is 3.13. The molecule has 0 aliphatic rings. The molecule has 0 spiro atoms. The zero-order chi connectivity index (χ0) is 17.9. The highest BCUT2D eigenvalue weighted by atomic mass is 16.1. The van der Waals surface area contributed by atoms with E-state index in [9.17, 15) is 4.79 Å². The maximum Gasteiger partial charge on any atom is 0.217 e. The Kier molecular flexibility index (Phi) is 17.9. The lowest BCUT2D eigenvalue weighted by molar-refractivity contribution is -0.118. The van der Waals surface area contributed by atoms with E-state index in [0.717, 1.165) is 12.8 Å². The van der Waals surface area contributed by atoms with Gasteiger partial charge in [-0.15, -0.1) is 0 Å². The van der Waals surface area contributed by atoms with Crippen LogP contribution in [0.4, 0.5) is 0 Å². The van der Waals surface area contributed by atoms with Crippen molar-refractivity contribution >= 4 is 5.91 Å². The molecule has 0 aromatic rings. The molecule has 1 amide bonds. The van der Waals surface area contributed by atoms with Crippen molar-refractivity contribution in [3.63, 3.8) is 0 Å². The highest BCUT2D eigenvalue weighted by Gasteiger charge is 1.96. The van der Waals surface area contributed by atoms with Crippen molar-refractivity contribution in [2.75, 3.05) is 0 Å². The molecule has 0 aliphatic heterocycles. The van der Waals surface area contributed by atoms with Gasteiger partial charge < -0.3 is 5.73 Å². The van der Waals surface area contributed by atoms with Crippen molar-refractivity contribution in [2.45, 2.75) is 123 Å². The van der Waals surface area contributed by atoms with E-state index in [1.807, 2.05) is 0 Å². The molecule has 142 valence electrons. The molecular formula is C22H43NO. The van der Waals surface area contributed by atoms with Crippen LogP contribution in [0.5, 0.6) is 0 Å². The predicted molar refractivity (Wildman–Crippen MR) is 107 cm³/mol. The average Bonchev–Trinajstić information content (AvgIpc) is 2.53. The molecule has 24 heavy (non-hydrogen) atoms. The summed E-state index contributed by atoms with van der Waals surface area (Å²) in [6.45, 7) is 4.37. The topological polar surface area (TPSA) is 43.1 Å². The van der Waals surface area contributed by atoms with E-state index in [1.165, 1.54) is 95.5 Å². The van der Waals surface area contributed by atoms with Crippen LogP contribution in [0.1, 0.15) is 123 Å². The highest BCUT2D eigenvalue weighted by Crippen LogP contribution is 2.14. The number of allylic oxidation sites excluding steroid dienone is 2. The molecule has 0 fully saturated rings. The Balaban J connectivity index is 3.03. The van der Waals surface area contributed by atoms with Crippen molar-refractivity contribution in [3.8, 4) is 0 Å². The molecule has 2 heteroatoms. The second kappa shape index (κ2) is 18.5. The first-order valence-electron chi connectivity index (χ1n) is 10.5. The molecule has 2 nitrogen and oxygen atoms in total. The van der Waals surface area contributed by atoms with Crippen molar-refractivity contribution in [1.29, 1.82) is 0 Å². The number of nitrogens with two attached hydrogens (primary N) is 1. The maximum atomic E-state index is 10.6. The van der Waals surface area contributed by atoms with Crippen molar-refractivity contribution in [3.05, 3.63) is 11.6 Å². The first-order valence-corrected chi connectivity index (χ1v) is 10.5. The first-order chi connectivity index (χ1) is 11.6. The molecule has 0 heterocycles. The number of hydrogen-bond donors (Lipinski definition) is 1. The van der Waals surface area contributed by atoms with Crippen LogP contribution in [-0.2, 0) is 4.79 Å². The summed E-state index contributed by atoms with van der Waals surface area (Å²) in [5, 5.41) is 0. The summed E-state index contributed by atoms with van der Waals surface area (Å²) in [6, 6.07) is 0. The normalized spacial score (nSPS) is 10.8. The molecule has 0 aromatic heterocycles. The van der Waals surface area contributed by atoms with Gasteiger partial charge in [-0.1, -0.05) is 95.1 Å². The van der Waals surface area contributed by atoms with E-state index in [2.05, 4.69) is 19.9 Å². The number of rotatable bonds is 18. The molecule has 0 saturated heterocycles. The van der Waals surface area contributed by atoms with Crippen LogP contribution >= 0.6 is 0 Å². The van der Waals surface area contributed by atoms with Crippen molar-refractivity contribution in [2.24, 2.45) is 5.73 Å². The Labute approximate surface area is 151 Å². The SMILES string of the molecule is CC(C)=CCCCCCCCCCCCCCCCCCC(N)=O. The van der Waals surface area contributed by atoms with Gasteiger partial charge in [0.15, 0.2) is 0 Å². The van der Waals surface area contributed by atoms with Gasteiger partial charge in [0.1, 0.15) is 0 Å². The minimum Gasteiger partial charge on any atom is -0.370 e. The molecule has 0 saturated carbocycles. The number of carbonyl (C=O) groups is 1. The van der Waals surface area contributed by atoms with Gasteiger partial charge >= 0.3 is 0 Å². The van der Waals surface area contributed by atoms with E-state index < -0.39 is 0 Å². The quantitative estimate of drug-likeness (QED) is 0.211. The smallest absolute Gasteiger partial charge is 0.217 e. The minimum atomic E-state index is -0.154. The lowest BCUT2D eigenvalue weighted by Gasteiger charge is -2.03. The second-order valence-corrected chi connectivity index (χ2v) is 7.59. The third-order valence-corrected chi connectivity index (χ3v) is 4.68. The molecule has 2 N–H and O–H groups in total. The van der Waals surface area contributed by atoms with Crippen molar-refractivity contribution in [1.82, 2.24) is 0 Å². The maximum absolute atomic E-state index is 10.6. The summed E-state index contributed by atoms with van der Waals surface area (Å²) < 4.78 is 0. The van der Waals surface area contributed by atoms with Crippen LogP contribution in [-0.4, -0.2) is 5.91 Å². The monoisotopic (exact) mass is 337 g/mol. The van der Waals surface area contributed by atoms with Crippen molar-refractivity contribution < 1.29 is 4.79 Å². The van der Waals surface area contributed by atoms with E-state index >= 15 is 0 Å². The summed E-state index contributed by atoms with van der Waals surface area (Å²) in [5.74, 6) is -0.154. The van der Waals surface area contributed by atoms with Crippen LogP contribution in [0.2, 0.25) is 0 Å². The van der Waals surface area contributed by atoms with Crippen LogP contribution in [0, 0.1) is 0 Å². The largest absolute Gasteiger partial charge is 0.370 e. The number of unbranched alkanes of at least 4 members (excludes halogenated alkanes) is 15. The van der Waals surface area contributed by atoms with E-state index in [0.29, 0.717) is 6.42 Å². The van der Waals surface area contributed by atoms with Gasteiger partial charge in [-0.3, -0.25) is 4.79 Å². The summed E-state index contributed by atoms with van der Waals surface area (Å²) >= 11 is 0. The van der Waals surface area contributed by atoms with Gasteiger partial charge in [0.2, 0.25) is 5.91 Å². The third-order valence-electron chi connectivity index (χ3n) is 4.68. The molecule has 0 radical (unpaired) electrons. The Bertz CT molecular complexity index is 305. The van der Waals surface area contributed by atoms with Gasteiger partial charge in [0.25, 0.3) is 0 Å². The van der Waals surface area contributed by atoms with Crippen LogP contribution < -0.4 is 5.73 Å². The van der Waals surface area contributed by atoms with E-state index in [4.69, 9.17) is 5.73 Å². The molecule has 0 bridgehead atoms. The first kappa shape index (κ1) is 23.2. The lowest BCUT2D eigenvalue weighted by atomic mass is 10.0. The van der Waals surface area contributed by atoms with Crippen LogP contribution in [0.15, 0.2) is 11.6 Å². The summed E-state index contributed by atoms with van der Waals surface area (Å²) in [6.07, 6.45) is 24.4. The van der Waals surface area contributed by atoms with Gasteiger partial charge in [-0.25, -0.2) is 0 Å². The number of amides is 1. The molecule has 0 aliphatic carbocycles. The predicted octanol–water partition coefficient (Wildman–Crippen LogP) is 7.07. The standard InChI is InChI=1S/C22H43NO/c1-21(2)19-17-15-13-11-9-7-5-3-4-6-8-10-12-14-16-18-20-22(23)24/h19H,3-18,20H2,1-2H3,(H2,23,24). The number of primary amides is 1. The Morgan fingerprint density at radius 1 is 0.625 bits per heavy atom. The summed E-state index contributed by atoms with van der Waals surface area (Å²) in [4.78, 5) is 10.6. The Hall–Kier alpha value is -0.790. The number of hydrogen-bond acceptors (Lipinski definition) is 1. The Morgan fingerprint density at radius 3 is 1.29 bits per heavy atom. The van der Waals surface area contributed by atoms with Gasteiger partial charge in [0.05, 0.1) is 0 Å². The fraction of sp³-hybridized carbons (Fsp3) is 0.864. The summed E-state index contributed by atoms with van der Waals surface area (Å²) in [7, 11) is 0. The minimum absolute atomic E-state index is 0.154. The zero-order valence-electron chi connectivity index (χ0n) is 16.6. The zero-order valence-corrected chi connectivity index (χ0v) is 16.6. The van der Waals surface area contributed by atoms with Crippen LogP contribution in [0.3, 0.4) is 0 Å². The lowest BCUT2D eigenvalue weighted by Crippen LogP contribution is -2.09. The molecule has 0 aromatic carbocycles. The van der Waals surface area contributed by atoms with Gasteiger partial charge in [-0.2, -0.15) is 0 Å². The molecule has 0 atom stereocenters. The highest BCUT2D eigenvalue weighted by molar-refractivity contribution is 5.73. The average molecular weight is 338 g/mol. The molecule has 0 rings (SSSR count). The van der Waals surface area contributed by atoms with E-state index in [-0.39, 0.29) is 5.91 Å². The Morgan fingerprint density at radius 2 is 0.958 bits per heavy atom. The third kappa shape index (κ3) is 21.2. The fourth-order valence-electron chi connectivity index (χ4n) is 3.13. The molecule has 0 unspecified atom stereocenters. The number of carbonyl (C=O) groups excluding carboxylic acids is 1. The van der Waals surface area contributed by atoms with E-state index in [1.54, 1.807) is 0 Å². The van der Waals surface area contributed by atoms with Crippen LogP contribution in [0.25, 0.3) is 0 Å².